The number of aromatic nitrogens is 2. The summed E-state index contributed by atoms with van der Waals surface area (Å²) in [6, 6.07) is 13.5. The highest BCUT2D eigenvalue weighted by Crippen LogP contribution is 2.51. The van der Waals surface area contributed by atoms with Gasteiger partial charge in [0.2, 0.25) is 0 Å². The van der Waals surface area contributed by atoms with Crippen LogP contribution >= 0.6 is 0 Å². The quantitative estimate of drug-likeness (QED) is 0.481. The van der Waals surface area contributed by atoms with E-state index in [0.29, 0.717) is 12.0 Å². The van der Waals surface area contributed by atoms with Crippen LogP contribution in [0.25, 0.3) is 17.2 Å². The van der Waals surface area contributed by atoms with Gasteiger partial charge in [-0.2, -0.15) is 0 Å². The molecule has 1 aliphatic carbocycles. The van der Waals surface area contributed by atoms with Gasteiger partial charge in [0.05, 0.1) is 5.69 Å². The number of nitrogens with one attached hydrogen (secondary N) is 1. The second kappa shape index (κ2) is 9.88. The highest BCUT2D eigenvalue weighted by molar-refractivity contribution is 5.99. The molecule has 1 N–H and O–H groups in total. The van der Waals surface area contributed by atoms with Crippen LogP contribution < -0.4 is 5.32 Å². The molecule has 3 aromatic rings. The van der Waals surface area contributed by atoms with Crippen molar-refractivity contribution in [3.63, 3.8) is 0 Å². The summed E-state index contributed by atoms with van der Waals surface area (Å²) in [7, 11) is 0. The number of ether oxygens (including phenoxy) is 1. The van der Waals surface area contributed by atoms with Crippen molar-refractivity contribution < 1.29 is 18.7 Å². The highest BCUT2D eigenvalue weighted by Gasteiger charge is 2.63. The van der Waals surface area contributed by atoms with Gasteiger partial charge in [-0.25, -0.2) is 9.18 Å². The third-order valence-corrected chi connectivity index (χ3v) is 8.01. The molecule has 0 bridgehead atoms. The van der Waals surface area contributed by atoms with E-state index in [4.69, 9.17) is 4.74 Å². The average Bonchev–Trinajstić information content (AvgIpc) is 3.13. The number of carbonyl (C=O) groups excluding carboxylic acids is 2. The molecule has 1 amide bonds. The molecule has 7 heteroatoms. The van der Waals surface area contributed by atoms with Gasteiger partial charge in [-0.3, -0.25) is 14.8 Å². The lowest BCUT2D eigenvalue weighted by Gasteiger charge is -2.47. The second-order valence-electron chi connectivity index (χ2n) is 10.3. The number of fused-ring (bicyclic) bond motifs is 1. The number of rotatable bonds is 5. The number of halogens is 1. The second-order valence-corrected chi connectivity index (χ2v) is 10.3. The van der Waals surface area contributed by atoms with Crippen LogP contribution in [0.4, 0.5) is 4.39 Å². The summed E-state index contributed by atoms with van der Waals surface area (Å²) in [4.78, 5) is 34.9. The monoisotopic (exact) mass is 499 g/mol. The van der Waals surface area contributed by atoms with Gasteiger partial charge < -0.3 is 10.1 Å². The molecule has 37 heavy (non-hydrogen) atoms. The largest absolute Gasteiger partial charge is 0.460 e. The molecule has 2 aromatic heterocycles. The number of cyclic esters (lactones) is 1. The first kappa shape index (κ1) is 24.8. The minimum atomic E-state index is -1.10. The molecule has 3 heterocycles. The molecule has 0 spiro atoms. The van der Waals surface area contributed by atoms with Crippen molar-refractivity contribution in [3.8, 4) is 11.1 Å². The standard InChI is InChI=1S/C30H30FN3O3/c1-18-16-30(34-28(35)21-11-13-32-14-12-21)27(20(3)37-29(30)36)26(19(18)2)10-9-25-8-7-23(17-33-25)22-5-4-6-24(31)15-22/h4-15,17-20,26-27H,16H2,1-3H3,(H,34,35)/b10-9+/t18-,19+,20+,26-,27-,30-/m0/s1. The minimum absolute atomic E-state index is 0.0207. The molecular formula is C30H30FN3O3. The number of hydrogen-bond donors (Lipinski definition) is 1. The summed E-state index contributed by atoms with van der Waals surface area (Å²) in [5.74, 6) is -0.781. The predicted molar refractivity (Wildman–Crippen MR) is 139 cm³/mol. The first-order valence-electron chi connectivity index (χ1n) is 12.6. The van der Waals surface area contributed by atoms with Crippen molar-refractivity contribution in [1.82, 2.24) is 15.3 Å². The van der Waals surface area contributed by atoms with E-state index in [0.717, 1.165) is 16.8 Å². The topological polar surface area (TPSA) is 81.2 Å². The van der Waals surface area contributed by atoms with Gasteiger partial charge >= 0.3 is 5.97 Å². The van der Waals surface area contributed by atoms with E-state index < -0.39 is 5.54 Å². The maximum absolute atomic E-state index is 13.6. The van der Waals surface area contributed by atoms with Gasteiger partial charge in [0.1, 0.15) is 17.5 Å². The number of hydrogen-bond acceptors (Lipinski definition) is 5. The van der Waals surface area contributed by atoms with Crippen molar-refractivity contribution >= 4 is 18.0 Å². The van der Waals surface area contributed by atoms with Crippen LogP contribution in [0.15, 0.2) is 73.2 Å². The third-order valence-electron chi connectivity index (χ3n) is 8.01. The first-order valence-corrected chi connectivity index (χ1v) is 12.6. The van der Waals surface area contributed by atoms with Crippen LogP contribution in [0.5, 0.6) is 0 Å². The van der Waals surface area contributed by atoms with Gasteiger partial charge in [0.25, 0.3) is 5.91 Å². The highest BCUT2D eigenvalue weighted by atomic mass is 19.1. The molecule has 5 rings (SSSR count). The zero-order chi connectivity index (χ0) is 26.2. The molecule has 1 saturated heterocycles. The van der Waals surface area contributed by atoms with Crippen molar-refractivity contribution in [2.45, 2.75) is 38.8 Å². The summed E-state index contributed by atoms with van der Waals surface area (Å²) in [6.45, 7) is 6.20. The van der Waals surface area contributed by atoms with Crippen molar-refractivity contribution in [2.24, 2.45) is 23.7 Å². The van der Waals surface area contributed by atoms with E-state index in [1.165, 1.54) is 12.1 Å². The van der Waals surface area contributed by atoms with E-state index in [9.17, 15) is 14.0 Å². The van der Waals surface area contributed by atoms with Gasteiger partial charge in [0.15, 0.2) is 0 Å². The number of pyridine rings is 2. The Kier molecular flexibility index (Phi) is 6.63. The van der Waals surface area contributed by atoms with E-state index >= 15 is 0 Å². The number of benzene rings is 1. The number of amides is 1. The number of allylic oxidation sites excluding steroid dienone is 1. The smallest absolute Gasteiger partial charge is 0.332 e. The molecule has 2 aliphatic rings. The lowest BCUT2D eigenvalue weighted by atomic mass is 9.58. The normalized spacial score (nSPS) is 29.1. The molecule has 1 aliphatic heterocycles. The molecule has 1 aromatic carbocycles. The molecule has 190 valence electrons. The third kappa shape index (κ3) is 4.66. The molecule has 0 unspecified atom stereocenters. The molecule has 2 fully saturated rings. The lowest BCUT2D eigenvalue weighted by Crippen LogP contribution is -2.62. The fourth-order valence-electron chi connectivity index (χ4n) is 5.96. The van der Waals surface area contributed by atoms with E-state index in [1.54, 1.807) is 36.8 Å². The van der Waals surface area contributed by atoms with Crippen LogP contribution in [0.2, 0.25) is 0 Å². The number of nitrogens with zero attached hydrogens (tertiary/aromatic N) is 2. The Hall–Kier alpha value is -3.87. The number of carbonyl (C=O) groups is 2. The van der Waals surface area contributed by atoms with Crippen LogP contribution in [0.3, 0.4) is 0 Å². The van der Waals surface area contributed by atoms with Gasteiger partial charge in [-0.05, 0) is 73.1 Å². The maximum Gasteiger partial charge on any atom is 0.332 e. The summed E-state index contributed by atoms with van der Waals surface area (Å²) in [6.07, 6.45) is 9.07. The fraction of sp³-hybridized carbons (Fsp3) is 0.333. The summed E-state index contributed by atoms with van der Waals surface area (Å²) < 4.78 is 19.4. The Bertz CT molecular complexity index is 1330. The summed E-state index contributed by atoms with van der Waals surface area (Å²) in [5.41, 5.74) is 1.71. The first-order chi connectivity index (χ1) is 17.8. The minimum Gasteiger partial charge on any atom is -0.460 e. The van der Waals surface area contributed by atoms with E-state index in [-0.39, 0.29) is 47.5 Å². The van der Waals surface area contributed by atoms with Crippen LogP contribution in [-0.4, -0.2) is 33.5 Å². The molecule has 6 nitrogen and oxygen atoms in total. The lowest BCUT2D eigenvalue weighted by molar-refractivity contribution is -0.146. The Labute approximate surface area is 216 Å². The van der Waals surface area contributed by atoms with Crippen molar-refractivity contribution in [1.29, 1.82) is 0 Å². The van der Waals surface area contributed by atoms with Gasteiger partial charge in [-0.1, -0.05) is 38.1 Å². The van der Waals surface area contributed by atoms with E-state index in [1.807, 2.05) is 31.2 Å². The molecule has 1 saturated carbocycles. The Morgan fingerprint density at radius 3 is 2.59 bits per heavy atom. The Morgan fingerprint density at radius 1 is 1.11 bits per heavy atom. The summed E-state index contributed by atoms with van der Waals surface area (Å²) >= 11 is 0. The summed E-state index contributed by atoms with van der Waals surface area (Å²) in [5, 5.41) is 3.08. The van der Waals surface area contributed by atoms with Gasteiger partial charge in [0, 0.05) is 35.6 Å². The SMILES string of the molecule is C[C@H]1[C@H](/C=C/c2ccc(-c3cccc(F)c3)cn2)[C@@H]2[C@@H](C)OC(=O)[C@]2(NC(=O)c2ccncc2)C[C@@H]1C. The Morgan fingerprint density at radius 2 is 1.89 bits per heavy atom. The van der Waals surface area contributed by atoms with Crippen LogP contribution in [0.1, 0.15) is 43.2 Å². The van der Waals surface area contributed by atoms with Crippen LogP contribution in [0, 0.1) is 29.5 Å². The van der Waals surface area contributed by atoms with Crippen LogP contribution in [-0.2, 0) is 9.53 Å². The molecule has 6 atom stereocenters. The molecular weight excluding hydrogens is 469 g/mol. The van der Waals surface area contributed by atoms with Crippen molar-refractivity contribution in [3.05, 3.63) is 90.3 Å². The zero-order valence-electron chi connectivity index (χ0n) is 21.1. The average molecular weight is 500 g/mol. The predicted octanol–water partition coefficient (Wildman–Crippen LogP) is 5.32. The van der Waals surface area contributed by atoms with Gasteiger partial charge in [-0.15, -0.1) is 0 Å². The molecule has 0 radical (unpaired) electrons. The Balaban J connectivity index is 1.43. The number of esters is 1. The van der Waals surface area contributed by atoms with E-state index in [2.05, 4.69) is 35.2 Å². The fourth-order valence-corrected chi connectivity index (χ4v) is 5.96. The zero-order valence-corrected chi connectivity index (χ0v) is 21.1. The maximum atomic E-state index is 13.6. The van der Waals surface area contributed by atoms with Crippen molar-refractivity contribution in [2.75, 3.05) is 0 Å².